The Labute approximate surface area is 116 Å². The number of likely N-dealkylation sites (N-methyl/N-ethyl adjacent to an activating group) is 1. The Balaban J connectivity index is 2.45. The first kappa shape index (κ1) is 15.5. The molecule has 0 saturated carbocycles. The fourth-order valence-electron chi connectivity index (χ4n) is 2.02. The number of amides is 2. The van der Waals surface area contributed by atoms with Gasteiger partial charge in [0.1, 0.15) is 0 Å². The van der Waals surface area contributed by atoms with Gasteiger partial charge in [-0.3, -0.25) is 0 Å². The molecule has 1 aromatic rings. The molecule has 2 N–H and O–H groups in total. The number of aryl methyl sites for hydroxylation is 1. The van der Waals surface area contributed by atoms with Crippen LogP contribution in [0.25, 0.3) is 0 Å². The van der Waals surface area contributed by atoms with Crippen molar-refractivity contribution < 1.29 is 4.79 Å². The molecule has 0 aliphatic heterocycles. The van der Waals surface area contributed by atoms with Gasteiger partial charge in [-0.1, -0.05) is 31.5 Å². The zero-order valence-corrected chi connectivity index (χ0v) is 12.5. The molecule has 0 heterocycles. The summed E-state index contributed by atoms with van der Waals surface area (Å²) in [5, 5.41) is 5.75. The van der Waals surface area contributed by atoms with Crippen LogP contribution < -0.4 is 10.6 Å². The SMILES string of the molecule is Cc1ccc(NC(=O)NC[C@H](C(C)C)N(C)C)cc1. The van der Waals surface area contributed by atoms with E-state index < -0.39 is 0 Å². The van der Waals surface area contributed by atoms with E-state index in [0.717, 1.165) is 5.69 Å². The van der Waals surface area contributed by atoms with Crippen molar-refractivity contribution in [1.29, 1.82) is 0 Å². The van der Waals surface area contributed by atoms with Gasteiger partial charge in [-0.2, -0.15) is 0 Å². The third-order valence-corrected chi connectivity index (χ3v) is 3.21. The molecule has 0 spiro atoms. The number of urea groups is 1. The molecule has 0 radical (unpaired) electrons. The highest BCUT2D eigenvalue weighted by Crippen LogP contribution is 2.09. The van der Waals surface area contributed by atoms with Crippen molar-refractivity contribution in [3.8, 4) is 0 Å². The van der Waals surface area contributed by atoms with Crippen LogP contribution >= 0.6 is 0 Å². The number of anilines is 1. The van der Waals surface area contributed by atoms with E-state index >= 15 is 0 Å². The molecule has 1 aromatic carbocycles. The van der Waals surface area contributed by atoms with Crippen LogP contribution in [0.2, 0.25) is 0 Å². The van der Waals surface area contributed by atoms with Crippen LogP contribution in [-0.4, -0.2) is 37.6 Å². The Morgan fingerprint density at radius 1 is 1.21 bits per heavy atom. The smallest absolute Gasteiger partial charge is 0.319 e. The highest BCUT2D eigenvalue weighted by Gasteiger charge is 2.16. The van der Waals surface area contributed by atoms with Crippen molar-refractivity contribution in [1.82, 2.24) is 10.2 Å². The lowest BCUT2D eigenvalue weighted by atomic mass is 10.0. The summed E-state index contributed by atoms with van der Waals surface area (Å²) < 4.78 is 0. The molecule has 0 aliphatic carbocycles. The van der Waals surface area contributed by atoms with Crippen molar-refractivity contribution in [2.45, 2.75) is 26.8 Å². The van der Waals surface area contributed by atoms with Gasteiger partial charge < -0.3 is 15.5 Å². The summed E-state index contributed by atoms with van der Waals surface area (Å²) in [6.07, 6.45) is 0. The molecule has 0 bridgehead atoms. The molecule has 4 heteroatoms. The average Bonchev–Trinajstić information content (AvgIpc) is 2.31. The van der Waals surface area contributed by atoms with E-state index in [-0.39, 0.29) is 6.03 Å². The zero-order chi connectivity index (χ0) is 14.4. The molecular formula is C15H25N3O. The highest BCUT2D eigenvalue weighted by molar-refractivity contribution is 5.89. The van der Waals surface area contributed by atoms with Gasteiger partial charge in [-0.15, -0.1) is 0 Å². The van der Waals surface area contributed by atoms with Crippen molar-refractivity contribution in [2.24, 2.45) is 5.92 Å². The third kappa shape index (κ3) is 5.30. The minimum atomic E-state index is -0.156. The largest absolute Gasteiger partial charge is 0.336 e. The fraction of sp³-hybridized carbons (Fsp3) is 0.533. The number of benzene rings is 1. The summed E-state index contributed by atoms with van der Waals surface area (Å²) in [6, 6.07) is 7.94. The first-order valence-corrected chi connectivity index (χ1v) is 6.68. The van der Waals surface area contributed by atoms with Gasteiger partial charge in [-0.25, -0.2) is 4.79 Å². The Hall–Kier alpha value is -1.55. The molecule has 1 atom stereocenters. The molecule has 0 fully saturated rings. The average molecular weight is 263 g/mol. The standard InChI is InChI=1S/C15H25N3O/c1-11(2)14(18(4)5)10-16-15(19)17-13-8-6-12(3)7-9-13/h6-9,11,14H,10H2,1-5H3,(H2,16,17,19)/t14-/m1/s1. The molecule has 2 amide bonds. The number of hydrogen-bond donors (Lipinski definition) is 2. The number of carbonyl (C=O) groups excluding carboxylic acids is 1. The quantitative estimate of drug-likeness (QED) is 0.858. The van der Waals surface area contributed by atoms with Gasteiger partial charge in [0.25, 0.3) is 0 Å². The van der Waals surface area contributed by atoms with Crippen LogP contribution in [-0.2, 0) is 0 Å². The topological polar surface area (TPSA) is 44.4 Å². The van der Waals surface area contributed by atoms with E-state index in [1.54, 1.807) is 0 Å². The summed E-state index contributed by atoms with van der Waals surface area (Å²) in [4.78, 5) is 13.9. The highest BCUT2D eigenvalue weighted by atomic mass is 16.2. The molecular weight excluding hydrogens is 238 g/mol. The minimum Gasteiger partial charge on any atom is -0.336 e. The Bertz CT molecular complexity index is 390. The van der Waals surface area contributed by atoms with E-state index in [2.05, 4.69) is 29.4 Å². The molecule has 0 aromatic heterocycles. The summed E-state index contributed by atoms with van der Waals surface area (Å²) >= 11 is 0. The maximum Gasteiger partial charge on any atom is 0.319 e. The zero-order valence-electron chi connectivity index (χ0n) is 12.5. The number of rotatable bonds is 5. The van der Waals surface area contributed by atoms with Crippen LogP contribution in [0.5, 0.6) is 0 Å². The molecule has 106 valence electrons. The maximum absolute atomic E-state index is 11.8. The van der Waals surface area contributed by atoms with Crippen LogP contribution in [0.1, 0.15) is 19.4 Å². The Morgan fingerprint density at radius 3 is 2.26 bits per heavy atom. The molecule has 0 unspecified atom stereocenters. The second-order valence-corrected chi connectivity index (χ2v) is 5.48. The number of nitrogens with one attached hydrogen (secondary N) is 2. The van der Waals surface area contributed by atoms with Crippen molar-refractivity contribution in [3.63, 3.8) is 0 Å². The number of nitrogens with zero attached hydrogens (tertiary/aromatic N) is 1. The van der Waals surface area contributed by atoms with Crippen LogP contribution in [0.15, 0.2) is 24.3 Å². The van der Waals surface area contributed by atoms with Gasteiger partial charge in [0.15, 0.2) is 0 Å². The maximum atomic E-state index is 11.8. The van der Waals surface area contributed by atoms with Crippen molar-refractivity contribution in [3.05, 3.63) is 29.8 Å². The normalized spacial score (nSPS) is 12.6. The minimum absolute atomic E-state index is 0.156. The van der Waals surface area contributed by atoms with E-state index in [0.29, 0.717) is 18.5 Å². The molecule has 1 rings (SSSR count). The monoisotopic (exact) mass is 263 g/mol. The van der Waals surface area contributed by atoms with E-state index in [9.17, 15) is 4.79 Å². The second kappa shape index (κ2) is 7.14. The Kier molecular flexibility index (Phi) is 5.83. The predicted octanol–water partition coefficient (Wildman–Crippen LogP) is 2.70. The van der Waals surface area contributed by atoms with Gasteiger partial charge in [0, 0.05) is 18.3 Å². The van der Waals surface area contributed by atoms with Gasteiger partial charge >= 0.3 is 6.03 Å². The fourth-order valence-corrected chi connectivity index (χ4v) is 2.02. The van der Waals surface area contributed by atoms with Gasteiger partial charge in [0.05, 0.1) is 0 Å². The lowest BCUT2D eigenvalue weighted by molar-refractivity contribution is 0.218. The van der Waals surface area contributed by atoms with E-state index in [4.69, 9.17) is 0 Å². The number of carbonyl (C=O) groups is 1. The van der Waals surface area contributed by atoms with Crippen LogP contribution in [0.3, 0.4) is 0 Å². The summed E-state index contributed by atoms with van der Waals surface area (Å²) in [5.41, 5.74) is 1.99. The number of hydrogen-bond acceptors (Lipinski definition) is 2. The summed E-state index contributed by atoms with van der Waals surface area (Å²) in [7, 11) is 4.06. The van der Waals surface area contributed by atoms with Crippen LogP contribution in [0.4, 0.5) is 10.5 Å². The first-order chi connectivity index (χ1) is 8.90. The molecule has 0 aliphatic rings. The van der Waals surface area contributed by atoms with Gasteiger partial charge in [0.2, 0.25) is 0 Å². The van der Waals surface area contributed by atoms with Crippen molar-refractivity contribution >= 4 is 11.7 Å². The Morgan fingerprint density at radius 2 is 1.79 bits per heavy atom. The molecule has 0 saturated heterocycles. The molecule has 4 nitrogen and oxygen atoms in total. The van der Waals surface area contributed by atoms with E-state index in [1.807, 2.05) is 45.3 Å². The summed E-state index contributed by atoms with van der Waals surface area (Å²) in [6.45, 7) is 6.98. The summed E-state index contributed by atoms with van der Waals surface area (Å²) in [5.74, 6) is 0.495. The van der Waals surface area contributed by atoms with Crippen LogP contribution in [0, 0.1) is 12.8 Å². The predicted molar refractivity (Wildman–Crippen MR) is 80.5 cm³/mol. The molecule has 19 heavy (non-hydrogen) atoms. The third-order valence-electron chi connectivity index (χ3n) is 3.21. The second-order valence-electron chi connectivity index (χ2n) is 5.48. The van der Waals surface area contributed by atoms with Gasteiger partial charge in [-0.05, 0) is 39.1 Å². The van der Waals surface area contributed by atoms with E-state index in [1.165, 1.54) is 5.56 Å². The first-order valence-electron chi connectivity index (χ1n) is 6.68. The lowest BCUT2D eigenvalue weighted by Crippen LogP contribution is -2.44. The van der Waals surface area contributed by atoms with Crippen molar-refractivity contribution in [2.75, 3.05) is 26.0 Å². The lowest BCUT2D eigenvalue weighted by Gasteiger charge is -2.28.